The third-order valence-electron chi connectivity index (χ3n) is 6.77. The van der Waals surface area contributed by atoms with Crippen LogP contribution >= 0.6 is 0 Å². The number of nitrogens with two attached hydrogens (primary N) is 1. The van der Waals surface area contributed by atoms with Crippen molar-refractivity contribution in [3.63, 3.8) is 0 Å². The molecule has 0 heterocycles. The Morgan fingerprint density at radius 2 is 1.76 bits per heavy atom. The monoisotopic (exact) mass is 291 g/mol. The number of oxime groups is 1. The second kappa shape index (κ2) is 4.62. The van der Waals surface area contributed by atoms with E-state index in [1.165, 1.54) is 19.3 Å². The molecule has 4 aliphatic carbocycles. The van der Waals surface area contributed by atoms with Gasteiger partial charge in [-0.15, -0.1) is 0 Å². The van der Waals surface area contributed by atoms with Crippen molar-refractivity contribution < 1.29 is 10.0 Å². The Balaban J connectivity index is 1.48. The Morgan fingerprint density at radius 3 is 2.33 bits per heavy atom. The van der Waals surface area contributed by atoms with E-state index in [1.807, 2.05) is 0 Å². The molecule has 4 atom stereocenters. The van der Waals surface area contributed by atoms with E-state index in [4.69, 9.17) is 10.9 Å². The SMILES string of the molecule is NC(=NO)C1(C(=O)NC2C3C4CCC(C4)C23)CCCCC1. The van der Waals surface area contributed by atoms with Crippen LogP contribution in [-0.2, 0) is 4.79 Å². The fourth-order valence-corrected chi connectivity index (χ4v) is 5.66. The molecule has 0 aromatic carbocycles. The van der Waals surface area contributed by atoms with Crippen LogP contribution in [0.5, 0.6) is 0 Å². The quantitative estimate of drug-likeness (QED) is 0.321. The van der Waals surface area contributed by atoms with Crippen molar-refractivity contribution in [1.29, 1.82) is 0 Å². The second-order valence-corrected chi connectivity index (χ2v) is 7.62. The molecule has 4 rings (SSSR count). The summed E-state index contributed by atoms with van der Waals surface area (Å²) in [6.07, 6.45) is 8.60. The molecule has 4 saturated carbocycles. The summed E-state index contributed by atoms with van der Waals surface area (Å²) in [6, 6.07) is 0.369. The summed E-state index contributed by atoms with van der Waals surface area (Å²) in [6.45, 7) is 0. The summed E-state index contributed by atoms with van der Waals surface area (Å²) in [4.78, 5) is 12.9. The van der Waals surface area contributed by atoms with Gasteiger partial charge < -0.3 is 16.3 Å². The van der Waals surface area contributed by atoms with E-state index >= 15 is 0 Å². The number of nitrogens with one attached hydrogen (secondary N) is 1. The first-order chi connectivity index (χ1) is 10.2. The second-order valence-electron chi connectivity index (χ2n) is 7.62. The normalized spacial score (nSPS) is 43.4. The van der Waals surface area contributed by atoms with Gasteiger partial charge in [0.2, 0.25) is 5.91 Å². The van der Waals surface area contributed by atoms with Crippen molar-refractivity contribution >= 4 is 11.7 Å². The molecule has 0 saturated heterocycles. The Kier molecular flexibility index (Phi) is 2.95. The third-order valence-corrected chi connectivity index (χ3v) is 6.77. The molecule has 5 nitrogen and oxygen atoms in total. The van der Waals surface area contributed by atoms with Crippen LogP contribution in [0.1, 0.15) is 51.4 Å². The number of hydrogen-bond donors (Lipinski definition) is 3. The highest BCUT2D eigenvalue weighted by Crippen LogP contribution is 2.65. The van der Waals surface area contributed by atoms with Gasteiger partial charge in [-0.25, -0.2) is 0 Å². The fourth-order valence-electron chi connectivity index (χ4n) is 5.66. The average molecular weight is 291 g/mol. The van der Waals surface area contributed by atoms with E-state index in [1.54, 1.807) is 0 Å². The summed E-state index contributed by atoms with van der Waals surface area (Å²) in [5.74, 6) is 3.25. The van der Waals surface area contributed by atoms with E-state index in [0.29, 0.717) is 18.9 Å². The Morgan fingerprint density at radius 1 is 1.14 bits per heavy atom. The number of amides is 1. The minimum absolute atomic E-state index is 0.0105. The first-order valence-corrected chi connectivity index (χ1v) is 8.46. The molecular weight excluding hydrogens is 266 g/mol. The molecule has 1 amide bonds. The lowest BCUT2D eigenvalue weighted by Crippen LogP contribution is -2.52. The minimum Gasteiger partial charge on any atom is -0.409 e. The number of nitrogens with zero attached hydrogens (tertiary/aromatic N) is 1. The maximum atomic E-state index is 12.9. The van der Waals surface area contributed by atoms with Crippen molar-refractivity contribution in [2.75, 3.05) is 0 Å². The van der Waals surface area contributed by atoms with Crippen LogP contribution in [-0.4, -0.2) is 23.0 Å². The largest absolute Gasteiger partial charge is 0.409 e. The van der Waals surface area contributed by atoms with E-state index < -0.39 is 5.41 Å². The molecule has 21 heavy (non-hydrogen) atoms. The smallest absolute Gasteiger partial charge is 0.234 e. The number of fused-ring (bicyclic) bond motifs is 5. The summed E-state index contributed by atoms with van der Waals surface area (Å²) >= 11 is 0. The van der Waals surface area contributed by atoms with Gasteiger partial charge in [-0.3, -0.25) is 4.79 Å². The van der Waals surface area contributed by atoms with Gasteiger partial charge in [-0.05, 0) is 55.8 Å². The zero-order chi connectivity index (χ0) is 14.6. The third kappa shape index (κ3) is 1.82. The van der Waals surface area contributed by atoms with E-state index in [0.717, 1.165) is 42.9 Å². The molecule has 2 bridgehead atoms. The topological polar surface area (TPSA) is 87.7 Å². The number of carbonyl (C=O) groups excluding carboxylic acids is 1. The molecule has 116 valence electrons. The zero-order valence-corrected chi connectivity index (χ0v) is 12.4. The highest BCUT2D eigenvalue weighted by Gasteiger charge is 2.66. The molecule has 0 radical (unpaired) electrons. The van der Waals surface area contributed by atoms with Crippen LogP contribution in [0.2, 0.25) is 0 Å². The van der Waals surface area contributed by atoms with Crippen LogP contribution in [0, 0.1) is 29.1 Å². The number of carbonyl (C=O) groups is 1. The van der Waals surface area contributed by atoms with E-state index in [9.17, 15) is 4.79 Å². The van der Waals surface area contributed by atoms with Crippen molar-refractivity contribution in [2.24, 2.45) is 40.0 Å². The standard InChI is InChI=1S/C16H25N3O2/c17-14(19-21)16(6-2-1-3-7-16)15(20)18-13-11-9-4-5-10(8-9)12(11)13/h9-13,21H,1-8H2,(H2,17,19)(H,18,20). The predicted molar refractivity (Wildman–Crippen MR) is 78.7 cm³/mol. The van der Waals surface area contributed by atoms with Crippen LogP contribution in [0.25, 0.3) is 0 Å². The lowest BCUT2D eigenvalue weighted by Gasteiger charge is -2.34. The minimum atomic E-state index is -0.761. The molecule has 0 aromatic heterocycles. The van der Waals surface area contributed by atoms with E-state index in [-0.39, 0.29) is 11.7 Å². The first-order valence-electron chi connectivity index (χ1n) is 8.46. The molecule has 5 heteroatoms. The van der Waals surface area contributed by atoms with Crippen LogP contribution < -0.4 is 11.1 Å². The van der Waals surface area contributed by atoms with Crippen molar-refractivity contribution in [2.45, 2.75) is 57.4 Å². The number of amidine groups is 1. The maximum Gasteiger partial charge on any atom is 0.234 e. The van der Waals surface area contributed by atoms with Crippen molar-refractivity contribution in [3.8, 4) is 0 Å². The molecule has 4 unspecified atom stereocenters. The van der Waals surface area contributed by atoms with Gasteiger partial charge in [0.1, 0.15) is 5.41 Å². The predicted octanol–water partition coefficient (Wildman–Crippen LogP) is 1.84. The lowest BCUT2D eigenvalue weighted by atomic mass is 9.72. The Hall–Kier alpha value is -1.26. The van der Waals surface area contributed by atoms with Gasteiger partial charge in [-0.1, -0.05) is 24.4 Å². The van der Waals surface area contributed by atoms with Crippen molar-refractivity contribution in [1.82, 2.24) is 5.32 Å². The highest BCUT2D eigenvalue weighted by molar-refractivity contribution is 6.07. The number of rotatable bonds is 3. The molecule has 0 aliphatic heterocycles. The Labute approximate surface area is 125 Å². The van der Waals surface area contributed by atoms with Gasteiger partial charge in [0.25, 0.3) is 0 Å². The van der Waals surface area contributed by atoms with Crippen LogP contribution in [0.3, 0.4) is 0 Å². The summed E-state index contributed by atoms with van der Waals surface area (Å²) < 4.78 is 0. The number of hydrogen-bond acceptors (Lipinski definition) is 3. The van der Waals surface area contributed by atoms with Gasteiger partial charge in [0.05, 0.1) is 0 Å². The first kappa shape index (κ1) is 13.4. The molecule has 4 fully saturated rings. The van der Waals surface area contributed by atoms with Crippen LogP contribution in [0.4, 0.5) is 0 Å². The maximum absolute atomic E-state index is 12.9. The molecule has 4 aliphatic rings. The summed E-state index contributed by atoms with van der Waals surface area (Å²) in [5, 5.41) is 15.5. The molecule has 0 spiro atoms. The van der Waals surface area contributed by atoms with Gasteiger partial charge in [0, 0.05) is 6.04 Å². The molecule has 0 aromatic rings. The van der Waals surface area contributed by atoms with Gasteiger partial charge in [0.15, 0.2) is 5.84 Å². The highest BCUT2D eigenvalue weighted by atomic mass is 16.4. The van der Waals surface area contributed by atoms with Crippen LogP contribution in [0.15, 0.2) is 5.16 Å². The lowest BCUT2D eigenvalue weighted by molar-refractivity contribution is -0.129. The summed E-state index contributed by atoms with van der Waals surface area (Å²) in [7, 11) is 0. The zero-order valence-electron chi connectivity index (χ0n) is 12.4. The molecule has 4 N–H and O–H groups in total. The summed E-state index contributed by atoms with van der Waals surface area (Å²) in [5.41, 5.74) is 5.14. The Bertz CT molecular complexity index is 468. The fraction of sp³-hybridized carbons (Fsp3) is 0.875. The van der Waals surface area contributed by atoms with Gasteiger partial charge in [-0.2, -0.15) is 0 Å². The van der Waals surface area contributed by atoms with E-state index in [2.05, 4.69) is 10.5 Å². The molecular formula is C16H25N3O2. The van der Waals surface area contributed by atoms with Crippen molar-refractivity contribution in [3.05, 3.63) is 0 Å². The average Bonchev–Trinajstić information content (AvgIpc) is 2.91. The van der Waals surface area contributed by atoms with Gasteiger partial charge >= 0.3 is 0 Å².